The number of benzene rings is 11. The first-order valence-corrected chi connectivity index (χ1v) is 23.6. The number of hydrogen-bond acceptors (Lipinski definition) is 1. The molecule has 320 valence electrons. The van der Waals surface area contributed by atoms with E-state index >= 15 is 0 Å². The molecule has 0 saturated carbocycles. The molecule has 68 heavy (non-hydrogen) atoms. The number of aromatic nitrogens is 2. The molecule has 0 bridgehead atoms. The van der Waals surface area contributed by atoms with Gasteiger partial charge in [0.05, 0.1) is 11.0 Å². The molecule has 12 aromatic rings. The topological polar surface area (TPSA) is 17.8 Å². The van der Waals surface area contributed by atoms with Crippen molar-refractivity contribution < 1.29 is 0 Å². The molecule has 0 saturated heterocycles. The van der Waals surface area contributed by atoms with Crippen molar-refractivity contribution in [2.45, 2.75) is 19.3 Å². The van der Waals surface area contributed by atoms with Gasteiger partial charge in [0.15, 0.2) is 0 Å². The van der Waals surface area contributed by atoms with Gasteiger partial charge in [-0.05, 0) is 148 Å². The van der Waals surface area contributed by atoms with Crippen molar-refractivity contribution in [2.75, 3.05) is 0 Å². The number of rotatable bonds is 7. The standard InChI is InChI=1S/C66H46N2/c1-66(2)59-40-50(49-21-16-22-51(39-49)65-67-61-27-14-15-28-62(61)68(65)52-23-10-5-11-24-52)37-38-53(59)56-41-57-58(42-60(56)66)64(48-35-31-46(32-36-48)44-19-8-4-9-20-44)55-26-13-12-25-54(55)63(57)47-33-29-45(30-34-47)43-17-6-3-7-18-43/h3-42H,1-2H3. The van der Waals surface area contributed by atoms with Gasteiger partial charge < -0.3 is 0 Å². The monoisotopic (exact) mass is 866 g/mol. The molecule has 13 rings (SSSR count). The van der Waals surface area contributed by atoms with Gasteiger partial charge in [-0.15, -0.1) is 0 Å². The normalized spacial score (nSPS) is 12.7. The van der Waals surface area contributed by atoms with Crippen LogP contribution in [0.15, 0.2) is 243 Å². The Morgan fingerprint density at radius 2 is 0.779 bits per heavy atom. The maximum atomic E-state index is 5.21. The predicted molar refractivity (Wildman–Crippen MR) is 286 cm³/mol. The van der Waals surface area contributed by atoms with Crippen LogP contribution >= 0.6 is 0 Å². The lowest BCUT2D eigenvalue weighted by atomic mass is 9.79. The Bertz CT molecular complexity index is 3880. The molecule has 1 aliphatic rings. The van der Waals surface area contributed by atoms with Gasteiger partial charge >= 0.3 is 0 Å². The van der Waals surface area contributed by atoms with Gasteiger partial charge in [-0.1, -0.05) is 208 Å². The Hall–Kier alpha value is -8.59. The summed E-state index contributed by atoms with van der Waals surface area (Å²) >= 11 is 0. The summed E-state index contributed by atoms with van der Waals surface area (Å²) in [4.78, 5) is 5.21. The van der Waals surface area contributed by atoms with Crippen molar-refractivity contribution in [1.82, 2.24) is 9.55 Å². The molecule has 2 nitrogen and oxygen atoms in total. The average molecular weight is 867 g/mol. The van der Waals surface area contributed by atoms with Gasteiger partial charge in [0.1, 0.15) is 5.82 Å². The van der Waals surface area contributed by atoms with E-state index in [4.69, 9.17) is 4.98 Å². The fourth-order valence-electron chi connectivity index (χ4n) is 11.0. The highest BCUT2D eigenvalue weighted by Gasteiger charge is 2.37. The van der Waals surface area contributed by atoms with Crippen molar-refractivity contribution in [1.29, 1.82) is 0 Å². The SMILES string of the molecule is CC1(C)c2cc(-c3cccc(-c4nc5ccccc5n4-c4ccccc4)c3)ccc2-c2cc3c(-c4ccc(-c5ccccc5)cc4)c4ccccc4c(-c4ccc(-c5ccccc5)cc4)c3cc21. The zero-order chi connectivity index (χ0) is 45.3. The summed E-state index contributed by atoms with van der Waals surface area (Å²) in [5, 5.41) is 5.04. The minimum absolute atomic E-state index is 0.259. The van der Waals surface area contributed by atoms with Gasteiger partial charge in [0, 0.05) is 16.7 Å². The van der Waals surface area contributed by atoms with E-state index in [2.05, 4.69) is 261 Å². The molecule has 11 aromatic carbocycles. The van der Waals surface area contributed by atoms with Crippen LogP contribution in [0.3, 0.4) is 0 Å². The first-order valence-electron chi connectivity index (χ1n) is 23.6. The second-order valence-corrected chi connectivity index (χ2v) is 18.7. The molecule has 2 heteroatoms. The van der Waals surface area contributed by atoms with Crippen LogP contribution in [-0.2, 0) is 5.41 Å². The lowest BCUT2D eigenvalue weighted by Crippen LogP contribution is -2.15. The molecule has 1 aliphatic carbocycles. The molecular weight excluding hydrogens is 821 g/mol. The Labute approximate surface area is 397 Å². The number of hydrogen-bond donors (Lipinski definition) is 0. The third kappa shape index (κ3) is 6.44. The van der Waals surface area contributed by atoms with Crippen LogP contribution in [0.2, 0.25) is 0 Å². The Morgan fingerprint density at radius 1 is 0.324 bits per heavy atom. The lowest BCUT2D eigenvalue weighted by Gasteiger charge is -2.24. The molecule has 0 spiro atoms. The van der Waals surface area contributed by atoms with Crippen LogP contribution in [0, 0.1) is 0 Å². The molecule has 0 fully saturated rings. The average Bonchev–Trinajstić information content (AvgIpc) is 3.90. The minimum atomic E-state index is -0.259. The first-order chi connectivity index (χ1) is 33.5. The molecule has 0 atom stereocenters. The van der Waals surface area contributed by atoms with Crippen LogP contribution in [0.25, 0.3) is 116 Å². The fourth-order valence-corrected chi connectivity index (χ4v) is 11.0. The predicted octanol–water partition coefficient (Wildman–Crippen LogP) is 17.6. The van der Waals surface area contributed by atoms with E-state index in [0.29, 0.717) is 0 Å². The number of fused-ring (bicyclic) bond motifs is 6. The third-order valence-corrected chi connectivity index (χ3v) is 14.4. The van der Waals surface area contributed by atoms with E-state index in [1.165, 1.54) is 99.4 Å². The summed E-state index contributed by atoms with van der Waals surface area (Å²) in [6, 6.07) is 88.8. The molecule has 0 radical (unpaired) electrons. The first kappa shape index (κ1) is 39.7. The van der Waals surface area contributed by atoms with Gasteiger partial charge in [-0.2, -0.15) is 0 Å². The van der Waals surface area contributed by atoms with Crippen molar-refractivity contribution in [3.8, 4) is 83.8 Å². The smallest absolute Gasteiger partial charge is 0.145 e. The number of imidazole rings is 1. The molecule has 0 aliphatic heterocycles. The van der Waals surface area contributed by atoms with Gasteiger partial charge in [-0.3, -0.25) is 4.57 Å². The van der Waals surface area contributed by atoms with Crippen LogP contribution < -0.4 is 0 Å². The highest BCUT2D eigenvalue weighted by molar-refractivity contribution is 6.22. The molecule has 0 amide bonds. The van der Waals surface area contributed by atoms with Gasteiger partial charge in [-0.25, -0.2) is 4.98 Å². The van der Waals surface area contributed by atoms with Crippen LogP contribution in [-0.4, -0.2) is 9.55 Å². The molecule has 0 N–H and O–H groups in total. The minimum Gasteiger partial charge on any atom is -0.292 e. The molecule has 1 heterocycles. The van der Waals surface area contributed by atoms with Crippen molar-refractivity contribution >= 4 is 32.6 Å². The van der Waals surface area contributed by atoms with E-state index in [9.17, 15) is 0 Å². The van der Waals surface area contributed by atoms with E-state index in [1.54, 1.807) is 0 Å². The van der Waals surface area contributed by atoms with Crippen LogP contribution in [0.1, 0.15) is 25.0 Å². The molecule has 0 unspecified atom stereocenters. The largest absolute Gasteiger partial charge is 0.292 e. The Kier molecular flexibility index (Phi) is 9.23. The van der Waals surface area contributed by atoms with E-state index in [1.807, 2.05) is 0 Å². The molecular formula is C66H46N2. The zero-order valence-corrected chi connectivity index (χ0v) is 38.0. The lowest BCUT2D eigenvalue weighted by molar-refractivity contribution is 0.661. The quantitative estimate of drug-likeness (QED) is 0.146. The summed E-state index contributed by atoms with van der Waals surface area (Å²) in [6.45, 7) is 4.81. The summed E-state index contributed by atoms with van der Waals surface area (Å²) in [5.74, 6) is 0.934. The summed E-state index contributed by atoms with van der Waals surface area (Å²) in [6.07, 6.45) is 0. The van der Waals surface area contributed by atoms with E-state index < -0.39 is 0 Å². The van der Waals surface area contributed by atoms with Crippen molar-refractivity contribution in [2.24, 2.45) is 0 Å². The Morgan fingerprint density at radius 3 is 1.41 bits per heavy atom. The number of nitrogens with zero attached hydrogens (tertiary/aromatic N) is 2. The maximum Gasteiger partial charge on any atom is 0.145 e. The number of para-hydroxylation sites is 3. The summed E-state index contributed by atoms with van der Waals surface area (Å²) < 4.78 is 2.28. The second-order valence-electron chi connectivity index (χ2n) is 18.7. The summed E-state index contributed by atoms with van der Waals surface area (Å²) in [5.41, 5.74) is 21.5. The van der Waals surface area contributed by atoms with Crippen LogP contribution in [0.5, 0.6) is 0 Å². The van der Waals surface area contributed by atoms with E-state index in [-0.39, 0.29) is 5.41 Å². The maximum absolute atomic E-state index is 5.21. The van der Waals surface area contributed by atoms with Gasteiger partial charge in [0.25, 0.3) is 0 Å². The zero-order valence-electron chi connectivity index (χ0n) is 38.0. The third-order valence-electron chi connectivity index (χ3n) is 14.4. The summed E-state index contributed by atoms with van der Waals surface area (Å²) in [7, 11) is 0. The fraction of sp³-hybridized carbons (Fsp3) is 0.0455. The second kappa shape index (κ2) is 15.8. The Balaban J connectivity index is 0.986. The van der Waals surface area contributed by atoms with Crippen LogP contribution in [0.4, 0.5) is 0 Å². The van der Waals surface area contributed by atoms with Gasteiger partial charge in [0.2, 0.25) is 0 Å². The molecule has 1 aromatic heterocycles. The van der Waals surface area contributed by atoms with Crippen molar-refractivity contribution in [3.63, 3.8) is 0 Å². The van der Waals surface area contributed by atoms with E-state index in [0.717, 1.165) is 28.1 Å². The highest BCUT2D eigenvalue weighted by Crippen LogP contribution is 2.54. The van der Waals surface area contributed by atoms with Crippen molar-refractivity contribution in [3.05, 3.63) is 254 Å². The highest BCUT2D eigenvalue weighted by atomic mass is 15.1.